The van der Waals surface area contributed by atoms with Gasteiger partial charge in [-0.25, -0.2) is 0 Å². The third-order valence-electron chi connectivity index (χ3n) is 2.30. The lowest BCUT2D eigenvalue weighted by Crippen LogP contribution is -2.19. The van der Waals surface area contributed by atoms with Crippen molar-refractivity contribution in [2.24, 2.45) is 17.6 Å². The quantitative estimate of drug-likeness (QED) is 0.663. The molecular formula is C11H22F3NO. The van der Waals surface area contributed by atoms with Crippen LogP contribution in [0.3, 0.4) is 0 Å². The van der Waals surface area contributed by atoms with Gasteiger partial charge in [0.2, 0.25) is 0 Å². The summed E-state index contributed by atoms with van der Waals surface area (Å²) in [4.78, 5) is 0. The molecule has 0 saturated heterocycles. The molecule has 5 heteroatoms. The normalized spacial score (nSPS) is 14.4. The van der Waals surface area contributed by atoms with Gasteiger partial charge in [0.15, 0.2) is 0 Å². The molecule has 0 fully saturated rings. The predicted molar refractivity (Wildman–Crippen MR) is 58.1 cm³/mol. The molecule has 0 amide bonds. The smallest absolute Gasteiger partial charge is 0.372 e. The molecule has 0 aliphatic carbocycles. The van der Waals surface area contributed by atoms with Crippen LogP contribution in [0.15, 0.2) is 0 Å². The zero-order valence-electron chi connectivity index (χ0n) is 10.0. The molecule has 0 saturated carbocycles. The van der Waals surface area contributed by atoms with Gasteiger partial charge in [-0.2, -0.15) is 13.2 Å². The van der Waals surface area contributed by atoms with E-state index in [2.05, 4.69) is 18.6 Å². The maximum Gasteiger partial charge on any atom is 0.411 e. The van der Waals surface area contributed by atoms with Crippen LogP contribution >= 0.6 is 0 Å². The molecule has 0 rings (SSSR count). The number of rotatable bonds is 8. The van der Waals surface area contributed by atoms with E-state index < -0.39 is 12.8 Å². The van der Waals surface area contributed by atoms with Gasteiger partial charge in [-0.15, -0.1) is 0 Å². The first-order valence-corrected chi connectivity index (χ1v) is 5.69. The highest BCUT2D eigenvalue weighted by atomic mass is 19.4. The molecular weight excluding hydrogens is 219 g/mol. The van der Waals surface area contributed by atoms with Crippen LogP contribution in [-0.4, -0.2) is 25.9 Å². The van der Waals surface area contributed by atoms with Gasteiger partial charge in [0, 0.05) is 6.61 Å². The molecule has 0 aromatic heterocycles. The molecule has 0 aromatic rings. The minimum atomic E-state index is -4.22. The van der Waals surface area contributed by atoms with E-state index in [4.69, 9.17) is 5.73 Å². The Balaban J connectivity index is 3.48. The highest BCUT2D eigenvalue weighted by molar-refractivity contribution is 4.62. The Morgan fingerprint density at radius 2 is 1.88 bits per heavy atom. The lowest BCUT2D eigenvalue weighted by molar-refractivity contribution is -0.174. The highest BCUT2D eigenvalue weighted by Crippen LogP contribution is 2.17. The summed E-state index contributed by atoms with van der Waals surface area (Å²) in [6, 6.07) is 0. The van der Waals surface area contributed by atoms with Crippen molar-refractivity contribution >= 4 is 0 Å². The molecule has 0 radical (unpaired) electrons. The van der Waals surface area contributed by atoms with Gasteiger partial charge in [-0.05, 0) is 37.6 Å². The fourth-order valence-electron chi connectivity index (χ4n) is 1.66. The van der Waals surface area contributed by atoms with E-state index >= 15 is 0 Å². The third-order valence-corrected chi connectivity index (χ3v) is 2.30. The van der Waals surface area contributed by atoms with Gasteiger partial charge in [0.25, 0.3) is 0 Å². The minimum Gasteiger partial charge on any atom is -0.372 e. The summed E-state index contributed by atoms with van der Waals surface area (Å²) in [6.07, 6.45) is -1.71. The average molecular weight is 241 g/mol. The van der Waals surface area contributed by atoms with Crippen molar-refractivity contribution < 1.29 is 17.9 Å². The Labute approximate surface area is 95.3 Å². The monoisotopic (exact) mass is 241 g/mol. The van der Waals surface area contributed by atoms with Gasteiger partial charge >= 0.3 is 6.18 Å². The second-order valence-corrected chi connectivity index (χ2v) is 4.54. The zero-order chi connectivity index (χ0) is 12.6. The van der Waals surface area contributed by atoms with Gasteiger partial charge in [0.1, 0.15) is 6.61 Å². The molecule has 1 unspecified atom stereocenters. The van der Waals surface area contributed by atoms with Crippen molar-refractivity contribution in [1.29, 1.82) is 0 Å². The van der Waals surface area contributed by atoms with E-state index in [-0.39, 0.29) is 6.61 Å². The largest absolute Gasteiger partial charge is 0.411 e. The topological polar surface area (TPSA) is 35.2 Å². The second-order valence-electron chi connectivity index (χ2n) is 4.54. The van der Waals surface area contributed by atoms with E-state index in [1.807, 2.05) is 0 Å². The van der Waals surface area contributed by atoms with E-state index in [1.165, 1.54) is 0 Å². The SMILES string of the molecule is CC(C)CC(CN)CCCOCC(F)(F)F. The Morgan fingerprint density at radius 1 is 1.25 bits per heavy atom. The van der Waals surface area contributed by atoms with Gasteiger partial charge < -0.3 is 10.5 Å². The Bertz CT molecular complexity index is 171. The summed E-state index contributed by atoms with van der Waals surface area (Å²) in [6.45, 7) is 3.83. The number of halogens is 3. The molecule has 0 spiro atoms. The number of hydrogen-bond acceptors (Lipinski definition) is 2. The summed E-state index contributed by atoms with van der Waals surface area (Å²) < 4.78 is 39.7. The van der Waals surface area contributed by atoms with Gasteiger partial charge in [0.05, 0.1) is 0 Å². The lowest BCUT2D eigenvalue weighted by Gasteiger charge is -2.16. The van der Waals surface area contributed by atoms with Crippen molar-refractivity contribution in [3.8, 4) is 0 Å². The zero-order valence-corrected chi connectivity index (χ0v) is 10.0. The lowest BCUT2D eigenvalue weighted by atomic mass is 9.93. The van der Waals surface area contributed by atoms with E-state index in [0.29, 0.717) is 24.8 Å². The van der Waals surface area contributed by atoms with E-state index in [9.17, 15) is 13.2 Å². The first-order chi connectivity index (χ1) is 7.35. The Hall–Kier alpha value is -0.290. The molecule has 0 heterocycles. The molecule has 0 bridgehead atoms. The summed E-state index contributed by atoms with van der Waals surface area (Å²) in [5.74, 6) is 0.971. The Morgan fingerprint density at radius 3 is 2.31 bits per heavy atom. The van der Waals surface area contributed by atoms with Crippen LogP contribution in [0.4, 0.5) is 13.2 Å². The molecule has 2 nitrogen and oxygen atoms in total. The van der Waals surface area contributed by atoms with Gasteiger partial charge in [-0.1, -0.05) is 13.8 Å². The fourth-order valence-corrected chi connectivity index (χ4v) is 1.66. The average Bonchev–Trinajstić information content (AvgIpc) is 2.13. The molecule has 0 aliphatic heterocycles. The second kappa shape index (κ2) is 7.90. The van der Waals surface area contributed by atoms with Crippen LogP contribution in [0, 0.1) is 11.8 Å². The summed E-state index contributed by atoms with van der Waals surface area (Å²) in [5, 5.41) is 0. The molecule has 2 N–H and O–H groups in total. The van der Waals surface area contributed by atoms with Crippen LogP contribution < -0.4 is 5.73 Å². The maximum absolute atomic E-state index is 11.7. The van der Waals surface area contributed by atoms with Crippen LogP contribution in [0.5, 0.6) is 0 Å². The van der Waals surface area contributed by atoms with Crippen molar-refractivity contribution in [1.82, 2.24) is 0 Å². The van der Waals surface area contributed by atoms with Crippen molar-refractivity contribution in [3.63, 3.8) is 0 Å². The summed E-state index contributed by atoms with van der Waals surface area (Å²) in [7, 11) is 0. The number of alkyl halides is 3. The highest BCUT2D eigenvalue weighted by Gasteiger charge is 2.27. The first-order valence-electron chi connectivity index (χ1n) is 5.69. The molecule has 0 aromatic carbocycles. The van der Waals surface area contributed by atoms with E-state index in [1.54, 1.807) is 0 Å². The van der Waals surface area contributed by atoms with Crippen molar-refractivity contribution in [3.05, 3.63) is 0 Å². The maximum atomic E-state index is 11.7. The van der Waals surface area contributed by atoms with Crippen LogP contribution in [0.1, 0.15) is 33.1 Å². The van der Waals surface area contributed by atoms with Crippen LogP contribution in [-0.2, 0) is 4.74 Å². The van der Waals surface area contributed by atoms with Gasteiger partial charge in [-0.3, -0.25) is 0 Å². The molecule has 16 heavy (non-hydrogen) atoms. The third kappa shape index (κ3) is 10.2. The predicted octanol–water partition coefficient (Wildman–Crippen LogP) is 2.97. The number of hydrogen-bond donors (Lipinski definition) is 1. The van der Waals surface area contributed by atoms with E-state index in [0.717, 1.165) is 12.8 Å². The van der Waals surface area contributed by atoms with Crippen LogP contribution in [0.2, 0.25) is 0 Å². The molecule has 98 valence electrons. The molecule has 0 aliphatic rings. The van der Waals surface area contributed by atoms with Crippen LogP contribution in [0.25, 0.3) is 0 Å². The summed E-state index contributed by atoms with van der Waals surface area (Å²) in [5.41, 5.74) is 5.58. The summed E-state index contributed by atoms with van der Waals surface area (Å²) >= 11 is 0. The van der Waals surface area contributed by atoms with Crippen molar-refractivity contribution in [2.45, 2.75) is 39.3 Å². The standard InChI is InChI=1S/C11H22F3NO/c1-9(2)6-10(7-15)4-3-5-16-8-11(12,13)14/h9-10H,3-8,15H2,1-2H3. The number of ether oxygens (including phenoxy) is 1. The fraction of sp³-hybridized carbons (Fsp3) is 1.00. The first kappa shape index (κ1) is 15.7. The van der Waals surface area contributed by atoms with Crippen molar-refractivity contribution in [2.75, 3.05) is 19.8 Å². The Kier molecular flexibility index (Phi) is 7.76. The number of nitrogens with two attached hydrogens (primary N) is 1. The molecule has 1 atom stereocenters. The minimum absolute atomic E-state index is 0.161.